The molecule has 0 aromatic rings. The number of rotatable bonds is 0. The van der Waals surface area contributed by atoms with Gasteiger partial charge in [-0.1, -0.05) is 0 Å². The standard InChI is InChI=1S/Mo.5H3O4P.3V/c;5*1-5(2,3)4;;;/h;5*(H3,1,2,3,4);;;/p-15. The van der Waals surface area contributed by atoms with Gasteiger partial charge in [0.05, 0.1) is 0 Å². The molecule has 0 fully saturated rings. The van der Waals surface area contributed by atoms with E-state index in [1.165, 1.54) is 0 Å². The van der Waals surface area contributed by atoms with Crippen LogP contribution in [0.2, 0.25) is 0 Å². The molecule has 0 bridgehead atoms. The van der Waals surface area contributed by atoms with Gasteiger partial charge in [0, 0.05) is 76.7 Å². The van der Waals surface area contributed by atoms with E-state index >= 15 is 0 Å². The van der Waals surface area contributed by atoms with Crippen molar-refractivity contribution in [1.82, 2.24) is 0 Å². The number of hydrogen-bond acceptors (Lipinski definition) is 20. The fourth-order valence-corrected chi connectivity index (χ4v) is 0. The monoisotopic (exact) mass is 726 g/mol. The van der Waals surface area contributed by atoms with Crippen molar-refractivity contribution in [3.05, 3.63) is 0 Å². The second kappa shape index (κ2) is 25.6. The Hall–Kier alpha value is 2.99. The van der Waals surface area contributed by atoms with E-state index in [1.807, 2.05) is 0 Å². The Labute approximate surface area is 210 Å². The van der Waals surface area contributed by atoms with Crippen LogP contribution in [0.1, 0.15) is 0 Å². The molecule has 3 radical (unpaired) electrons. The maximum atomic E-state index is 8.55. The normalized spacial score (nSPS) is 10.2. The predicted molar refractivity (Wildman–Crippen MR) is 38.0 cm³/mol. The van der Waals surface area contributed by atoms with E-state index in [-0.39, 0.29) is 76.7 Å². The zero-order valence-corrected chi connectivity index (χ0v) is 22.8. The van der Waals surface area contributed by atoms with Gasteiger partial charge in [-0.15, -0.1) is 0 Å². The Morgan fingerprint density at radius 1 is 0.276 bits per heavy atom. The van der Waals surface area contributed by atoms with Gasteiger partial charge in [-0.25, -0.2) is 0 Å². The summed E-state index contributed by atoms with van der Waals surface area (Å²) >= 11 is 0. The largest absolute Gasteiger partial charge is 0.822 e. The Balaban J connectivity index is -0.0000000238. The predicted octanol–water partition coefficient (Wildman–Crippen LogP) is -14.1. The van der Waals surface area contributed by atoms with Crippen molar-refractivity contribution in [1.29, 1.82) is 0 Å². The smallest absolute Gasteiger partial charge is 0 e. The van der Waals surface area contributed by atoms with Crippen LogP contribution < -0.4 is 73.4 Å². The molecule has 20 nitrogen and oxygen atoms in total. The van der Waals surface area contributed by atoms with Gasteiger partial charge < -0.3 is 96.2 Å². The quantitative estimate of drug-likeness (QED) is 0.165. The maximum absolute atomic E-state index is 8.55. The average molecular weight is 724 g/mol. The molecule has 0 rings (SSSR count). The number of phosphoric acid groups is 5. The summed E-state index contributed by atoms with van der Waals surface area (Å²) in [5, 5.41) is 0. The van der Waals surface area contributed by atoms with Crippen molar-refractivity contribution >= 4 is 39.1 Å². The maximum Gasteiger partial charge on any atom is 0 e. The van der Waals surface area contributed by atoms with Crippen molar-refractivity contribution < 1.29 is 173 Å². The fraction of sp³-hybridized carbons (Fsp3) is 0. The second-order valence-corrected chi connectivity index (χ2v) is 6.71. The SMILES string of the molecule is O=P([O-])([O-])[O-].O=P([O-])([O-])[O-].O=P([O-])([O-])[O-].O=P([O-])([O-])[O-].O=P([O-])([O-])[O-].[Mo].[V].[V].[V]. The van der Waals surface area contributed by atoms with Crippen molar-refractivity contribution in [2.75, 3.05) is 0 Å². The molecule has 0 amide bonds. The third-order valence-electron chi connectivity index (χ3n) is 0. The molecular weight excluding hydrogens is 724 g/mol. The minimum atomic E-state index is -5.39. The third-order valence-corrected chi connectivity index (χ3v) is 0. The molecule has 0 aliphatic carbocycles. The molecule has 0 aliphatic heterocycles. The first-order valence-electron chi connectivity index (χ1n) is 3.65. The van der Waals surface area contributed by atoms with E-state index in [9.17, 15) is 0 Å². The van der Waals surface area contributed by atoms with E-state index in [0.717, 1.165) is 0 Å². The summed E-state index contributed by atoms with van der Waals surface area (Å²) < 4.78 is 42.7. The third kappa shape index (κ3) is 2910. The Morgan fingerprint density at radius 3 is 0.276 bits per heavy atom. The van der Waals surface area contributed by atoms with E-state index in [1.54, 1.807) is 0 Å². The Morgan fingerprint density at radius 2 is 0.276 bits per heavy atom. The van der Waals surface area contributed by atoms with E-state index in [4.69, 9.17) is 96.2 Å². The topological polar surface area (TPSA) is 431 Å². The minimum absolute atomic E-state index is 0. The molecule has 0 atom stereocenters. The molecule has 0 aromatic carbocycles. The summed E-state index contributed by atoms with van der Waals surface area (Å²) in [4.78, 5) is 128. The summed E-state index contributed by atoms with van der Waals surface area (Å²) in [5.74, 6) is 0. The zero-order valence-electron chi connectivity index (χ0n) is 12.2. The van der Waals surface area contributed by atoms with Gasteiger partial charge in [-0.05, 0) is 0 Å². The second-order valence-electron chi connectivity index (χ2n) is 2.24. The molecule has 181 valence electrons. The molecule has 29 heteroatoms. The molecule has 0 spiro atoms. The zero-order chi connectivity index (χ0) is 22.5. The van der Waals surface area contributed by atoms with Crippen LogP contribution in [0.5, 0.6) is 0 Å². The van der Waals surface area contributed by atoms with Crippen LogP contribution in [0.3, 0.4) is 0 Å². The molecule has 29 heavy (non-hydrogen) atoms. The van der Waals surface area contributed by atoms with Crippen LogP contribution in [0, 0.1) is 0 Å². The summed E-state index contributed by atoms with van der Waals surface area (Å²) in [7, 11) is -26.9. The van der Waals surface area contributed by atoms with Crippen LogP contribution in [0.25, 0.3) is 0 Å². The average Bonchev–Trinajstić information content (AvgIpc) is 1.79. The molecule has 0 heterocycles. The van der Waals surface area contributed by atoms with Crippen LogP contribution in [-0.2, 0) is 99.6 Å². The first kappa shape index (κ1) is 58.1. The summed E-state index contributed by atoms with van der Waals surface area (Å²) in [6, 6.07) is 0. The van der Waals surface area contributed by atoms with Crippen molar-refractivity contribution in [2.24, 2.45) is 0 Å². The molecule has 0 aliphatic rings. The van der Waals surface area contributed by atoms with Gasteiger partial charge >= 0.3 is 0 Å². The van der Waals surface area contributed by atoms with Crippen molar-refractivity contribution in [3.63, 3.8) is 0 Å². The molecule has 0 unspecified atom stereocenters. The van der Waals surface area contributed by atoms with Crippen molar-refractivity contribution in [3.8, 4) is 0 Å². The summed E-state index contributed by atoms with van der Waals surface area (Å²) in [6.45, 7) is 0. The van der Waals surface area contributed by atoms with Gasteiger partial charge in [-0.3, -0.25) is 0 Å². The van der Waals surface area contributed by atoms with Gasteiger partial charge in [0.1, 0.15) is 0 Å². The Bertz CT molecular complexity index is 385. The minimum Gasteiger partial charge on any atom is -0.822 e. The van der Waals surface area contributed by atoms with Crippen LogP contribution in [0.15, 0.2) is 0 Å². The Kier molecular flexibility index (Phi) is 51.3. The van der Waals surface area contributed by atoms with Gasteiger partial charge in [-0.2, -0.15) is 39.1 Å². The molecular formula is MoO20P5V3-15. The molecule has 0 saturated heterocycles. The van der Waals surface area contributed by atoms with E-state index in [2.05, 4.69) is 0 Å². The summed E-state index contributed by atoms with van der Waals surface area (Å²) in [6.07, 6.45) is 0. The van der Waals surface area contributed by atoms with Crippen LogP contribution in [0.4, 0.5) is 0 Å². The number of hydrogen-bond donors (Lipinski definition) is 0. The summed E-state index contributed by atoms with van der Waals surface area (Å²) in [5.41, 5.74) is 0. The van der Waals surface area contributed by atoms with Gasteiger partial charge in [0.15, 0.2) is 0 Å². The molecule has 0 saturated carbocycles. The molecule has 0 aromatic heterocycles. The van der Waals surface area contributed by atoms with E-state index in [0.29, 0.717) is 0 Å². The van der Waals surface area contributed by atoms with Gasteiger partial charge in [0.2, 0.25) is 0 Å². The van der Waals surface area contributed by atoms with Crippen LogP contribution in [-0.4, -0.2) is 0 Å². The fourth-order valence-electron chi connectivity index (χ4n) is 0. The van der Waals surface area contributed by atoms with Crippen molar-refractivity contribution in [2.45, 2.75) is 0 Å². The van der Waals surface area contributed by atoms with E-state index < -0.39 is 39.1 Å². The first-order valence-corrected chi connectivity index (χ1v) is 11.0. The van der Waals surface area contributed by atoms with Crippen LogP contribution >= 0.6 is 39.1 Å². The van der Waals surface area contributed by atoms with Gasteiger partial charge in [0.25, 0.3) is 0 Å². The molecule has 0 N–H and O–H groups in total. The first-order chi connectivity index (χ1) is 10.0.